The zero-order chi connectivity index (χ0) is 20.7. The quantitative estimate of drug-likeness (QED) is 0.778. The first-order valence-electron chi connectivity index (χ1n) is 8.81. The maximum Gasteiger partial charge on any atom is 0.253 e. The Kier molecular flexibility index (Phi) is 5.34. The van der Waals surface area contributed by atoms with Gasteiger partial charge in [0.15, 0.2) is 0 Å². The number of ether oxygens (including phenoxy) is 1. The van der Waals surface area contributed by atoms with Crippen molar-refractivity contribution in [2.45, 2.75) is 38.8 Å². The number of benzene rings is 2. The van der Waals surface area contributed by atoms with E-state index in [1.54, 1.807) is 0 Å². The molecule has 0 radical (unpaired) electrons. The van der Waals surface area contributed by atoms with Crippen molar-refractivity contribution < 1.29 is 17.9 Å². The molecular weight excluding hydrogens is 400 g/mol. The largest absolute Gasteiger partial charge is 0.487 e. The van der Waals surface area contributed by atoms with Crippen molar-refractivity contribution in [3.8, 4) is 5.75 Å². The second-order valence-electron chi connectivity index (χ2n) is 7.70. The van der Waals surface area contributed by atoms with Gasteiger partial charge in [-0.25, -0.2) is 8.42 Å². The van der Waals surface area contributed by atoms with Gasteiger partial charge < -0.3 is 10.1 Å². The van der Waals surface area contributed by atoms with E-state index in [9.17, 15) is 13.2 Å². The minimum Gasteiger partial charge on any atom is -0.487 e. The molecule has 0 aliphatic carbocycles. The molecule has 1 aliphatic rings. The molecule has 2 N–H and O–H groups in total. The van der Waals surface area contributed by atoms with Crippen LogP contribution in [-0.2, 0) is 10.0 Å². The number of fused-ring (bicyclic) bond motifs is 1. The molecule has 150 valence electrons. The van der Waals surface area contributed by atoms with Crippen molar-refractivity contribution in [1.29, 1.82) is 0 Å². The van der Waals surface area contributed by atoms with Crippen molar-refractivity contribution >= 4 is 33.2 Å². The topological polar surface area (TPSA) is 84.5 Å². The van der Waals surface area contributed by atoms with E-state index in [0.29, 0.717) is 6.42 Å². The van der Waals surface area contributed by atoms with Crippen LogP contribution in [0.2, 0.25) is 5.02 Å². The van der Waals surface area contributed by atoms with Crippen LogP contribution in [0.25, 0.3) is 0 Å². The second-order valence-corrected chi connectivity index (χ2v) is 9.86. The minimum atomic E-state index is -3.46. The summed E-state index contributed by atoms with van der Waals surface area (Å²) in [5.41, 5.74) is 2.02. The van der Waals surface area contributed by atoms with Gasteiger partial charge in [-0.15, -0.1) is 0 Å². The first-order chi connectivity index (χ1) is 12.9. The van der Waals surface area contributed by atoms with Gasteiger partial charge in [0.2, 0.25) is 10.0 Å². The van der Waals surface area contributed by atoms with Crippen molar-refractivity contribution in [3.05, 3.63) is 58.1 Å². The molecule has 0 spiro atoms. The Morgan fingerprint density at radius 2 is 1.93 bits per heavy atom. The first kappa shape index (κ1) is 20.5. The number of hydrogen-bond acceptors (Lipinski definition) is 4. The molecule has 1 aliphatic heterocycles. The SMILES string of the molecule is Cc1ccc2c(c1)C(NC(=O)c1cc(NS(C)(=O)=O)ccc1Cl)CC(C)(C)O2. The molecule has 1 amide bonds. The lowest BCUT2D eigenvalue weighted by atomic mass is 9.88. The average molecular weight is 423 g/mol. The predicted molar refractivity (Wildman–Crippen MR) is 111 cm³/mol. The lowest BCUT2D eigenvalue weighted by Gasteiger charge is -2.38. The molecule has 1 atom stereocenters. The number of anilines is 1. The fourth-order valence-corrected chi connectivity index (χ4v) is 4.07. The van der Waals surface area contributed by atoms with E-state index in [0.717, 1.165) is 23.1 Å². The summed E-state index contributed by atoms with van der Waals surface area (Å²) in [5.74, 6) is 0.364. The summed E-state index contributed by atoms with van der Waals surface area (Å²) in [7, 11) is -3.46. The van der Waals surface area contributed by atoms with Crippen LogP contribution >= 0.6 is 11.6 Å². The lowest BCUT2D eigenvalue weighted by molar-refractivity contribution is 0.0619. The molecule has 6 nitrogen and oxygen atoms in total. The molecule has 1 heterocycles. The van der Waals surface area contributed by atoms with Gasteiger partial charge >= 0.3 is 0 Å². The van der Waals surface area contributed by atoms with Crippen molar-refractivity contribution in [2.24, 2.45) is 0 Å². The van der Waals surface area contributed by atoms with E-state index >= 15 is 0 Å². The summed E-state index contributed by atoms with van der Waals surface area (Å²) >= 11 is 6.20. The lowest BCUT2D eigenvalue weighted by Crippen LogP contribution is -2.41. The summed E-state index contributed by atoms with van der Waals surface area (Å²) in [6.45, 7) is 5.92. The summed E-state index contributed by atoms with van der Waals surface area (Å²) in [5, 5.41) is 3.27. The third-order valence-corrected chi connectivity index (χ3v) is 5.38. The van der Waals surface area contributed by atoms with Crippen molar-refractivity contribution in [2.75, 3.05) is 11.0 Å². The van der Waals surface area contributed by atoms with Gasteiger partial charge in [0.1, 0.15) is 11.4 Å². The van der Waals surface area contributed by atoms with Crippen LogP contribution in [0.15, 0.2) is 36.4 Å². The van der Waals surface area contributed by atoms with E-state index in [-0.39, 0.29) is 28.2 Å². The molecule has 0 saturated carbocycles. The number of carbonyl (C=O) groups excluding carboxylic acids is 1. The zero-order valence-electron chi connectivity index (χ0n) is 16.2. The average Bonchev–Trinajstić information content (AvgIpc) is 2.55. The molecule has 2 aromatic carbocycles. The highest BCUT2D eigenvalue weighted by atomic mass is 35.5. The first-order valence-corrected chi connectivity index (χ1v) is 11.1. The number of nitrogens with one attached hydrogen (secondary N) is 2. The second kappa shape index (κ2) is 7.29. The zero-order valence-corrected chi connectivity index (χ0v) is 17.7. The number of amides is 1. The number of aryl methyl sites for hydroxylation is 1. The number of hydrogen-bond donors (Lipinski definition) is 2. The van der Waals surface area contributed by atoms with Crippen LogP contribution < -0.4 is 14.8 Å². The van der Waals surface area contributed by atoms with Crippen LogP contribution in [0.1, 0.15) is 47.8 Å². The number of sulfonamides is 1. The van der Waals surface area contributed by atoms with Gasteiger partial charge in [-0.05, 0) is 45.0 Å². The van der Waals surface area contributed by atoms with E-state index in [2.05, 4.69) is 10.0 Å². The molecule has 0 fully saturated rings. The Labute approximate surface area is 170 Å². The molecule has 2 aromatic rings. The normalized spacial score (nSPS) is 18.0. The maximum absolute atomic E-state index is 12.9. The Balaban J connectivity index is 1.91. The third kappa shape index (κ3) is 4.77. The van der Waals surface area contributed by atoms with Gasteiger partial charge in [0, 0.05) is 17.7 Å². The fraction of sp³-hybridized carbons (Fsp3) is 0.350. The summed E-state index contributed by atoms with van der Waals surface area (Å²) in [6.07, 6.45) is 1.64. The Bertz CT molecular complexity index is 1030. The molecule has 1 unspecified atom stereocenters. The molecule has 28 heavy (non-hydrogen) atoms. The monoisotopic (exact) mass is 422 g/mol. The van der Waals surface area contributed by atoms with Gasteiger partial charge in [-0.1, -0.05) is 29.3 Å². The van der Waals surface area contributed by atoms with E-state index < -0.39 is 15.6 Å². The standard InChI is InChI=1S/C20H23ClN2O4S/c1-12-5-8-18-15(9-12)17(11-20(2,3)27-18)22-19(24)14-10-13(6-7-16(14)21)23-28(4,25)26/h5-10,17,23H,11H2,1-4H3,(H,22,24). The molecule has 3 rings (SSSR count). The third-order valence-electron chi connectivity index (χ3n) is 4.44. The highest BCUT2D eigenvalue weighted by Crippen LogP contribution is 2.40. The summed E-state index contributed by atoms with van der Waals surface area (Å²) < 4.78 is 31.3. The van der Waals surface area contributed by atoms with Crippen LogP contribution in [0.5, 0.6) is 5.75 Å². The molecule has 0 bridgehead atoms. The van der Waals surface area contributed by atoms with Crippen molar-refractivity contribution in [1.82, 2.24) is 5.32 Å². The number of carbonyl (C=O) groups is 1. The molecular formula is C20H23ClN2O4S. The smallest absolute Gasteiger partial charge is 0.253 e. The molecule has 0 aromatic heterocycles. The van der Waals surface area contributed by atoms with E-state index in [1.165, 1.54) is 18.2 Å². The minimum absolute atomic E-state index is 0.203. The van der Waals surface area contributed by atoms with Crippen LogP contribution in [0.4, 0.5) is 5.69 Å². The van der Waals surface area contributed by atoms with Crippen LogP contribution in [0, 0.1) is 6.92 Å². The van der Waals surface area contributed by atoms with Gasteiger partial charge in [-0.3, -0.25) is 9.52 Å². The Morgan fingerprint density at radius 1 is 1.21 bits per heavy atom. The Morgan fingerprint density at radius 3 is 2.61 bits per heavy atom. The predicted octanol–water partition coefficient (Wildman–Crippen LogP) is 4.05. The molecule has 0 saturated heterocycles. The van der Waals surface area contributed by atoms with Crippen molar-refractivity contribution in [3.63, 3.8) is 0 Å². The van der Waals surface area contributed by atoms with Gasteiger partial charge in [0.25, 0.3) is 5.91 Å². The van der Waals surface area contributed by atoms with E-state index in [4.69, 9.17) is 16.3 Å². The number of rotatable bonds is 4. The van der Waals surface area contributed by atoms with Crippen LogP contribution in [-0.4, -0.2) is 26.2 Å². The maximum atomic E-state index is 12.9. The van der Waals surface area contributed by atoms with Gasteiger partial charge in [0.05, 0.1) is 22.9 Å². The highest BCUT2D eigenvalue weighted by molar-refractivity contribution is 7.92. The summed E-state index contributed by atoms with van der Waals surface area (Å²) in [4.78, 5) is 12.9. The fourth-order valence-electron chi connectivity index (χ4n) is 3.32. The molecule has 8 heteroatoms. The van der Waals surface area contributed by atoms with Gasteiger partial charge in [-0.2, -0.15) is 0 Å². The highest BCUT2D eigenvalue weighted by Gasteiger charge is 2.35. The summed E-state index contributed by atoms with van der Waals surface area (Å²) in [6, 6.07) is 10.1. The van der Waals surface area contributed by atoms with E-state index in [1.807, 2.05) is 39.0 Å². The number of halogens is 1. The Hall–Kier alpha value is -2.25. The van der Waals surface area contributed by atoms with Crippen LogP contribution in [0.3, 0.4) is 0 Å².